The predicted octanol–water partition coefficient (Wildman–Crippen LogP) is 4.95. The van der Waals surface area contributed by atoms with Gasteiger partial charge in [0.1, 0.15) is 10.9 Å². The van der Waals surface area contributed by atoms with E-state index in [1.165, 1.54) is 15.9 Å². The SMILES string of the molecule is CCOC(=O)C(Cc1ccccc1)n1c(O)c(C=NCc2ccccc2)sc1=S. The maximum absolute atomic E-state index is 12.6. The smallest absolute Gasteiger partial charge is 0.329 e. The van der Waals surface area contributed by atoms with Gasteiger partial charge in [0.2, 0.25) is 5.88 Å². The van der Waals surface area contributed by atoms with Gasteiger partial charge in [-0.2, -0.15) is 0 Å². The van der Waals surface area contributed by atoms with Crippen molar-refractivity contribution in [1.82, 2.24) is 4.57 Å². The fourth-order valence-corrected chi connectivity index (χ4v) is 4.23. The van der Waals surface area contributed by atoms with Gasteiger partial charge in [-0.15, -0.1) is 0 Å². The Kier molecular flexibility index (Phi) is 7.32. The molecule has 1 N–H and O–H groups in total. The molecular weight excluding hydrogens is 404 g/mol. The van der Waals surface area contributed by atoms with Crippen LogP contribution in [0.5, 0.6) is 5.88 Å². The average Bonchev–Trinajstić information content (AvgIpc) is 3.01. The Bertz CT molecular complexity index is 1030. The standard InChI is InChI=1S/C22H22N2O3S2/c1-2-27-21(26)18(13-16-9-5-3-6-10-16)24-20(25)19(29-22(24)28)15-23-14-17-11-7-4-8-12-17/h3-12,15,18,25H,2,13-14H2,1H3. The second-order valence-electron chi connectivity index (χ2n) is 6.34. The van der Waals surface area contributed by atoms with Crippen LogP contribution >= 0.6 is 23.6 Å². The molecule has 0 aliphatic heterocycles. The van der Waals surface area contributed by atoms with Crippen molar-refractivity contribution in [1.29, 1.82) is 0 Å². The minimum Gasteiger partial charge on any atom is -0.493 e. The molecule has 0 radical (unpaired) electrons. The highest BCUT2D eigenvalue weighted by Gasteiger charge is 2.27. The lowest BCUT2D eigenvalue weighted by Gasteiger charge is -2.18. The van der Waals surface area contributed by atoms with Crippen LogP contribution < -0.4 is 0 Å². The van der Waals surface area contributed by atoms with Gasteiger partial charge in [-0.3, -0.25) is 9.56 Å². The molecule has 0 bridgehead atoms. The number of hydrogen-bond acceptors (Lipinski definition) is 6. The molecular formula is C22H22N2O3S2. The third-order valence-electron chi connectivity index (χ3n) is 4.31. The molecule has 0 fully saturated rings. The van der Waals surface area contributed by atoms with Gasteiger partial charge in [0, 0.05) is 12.6 Å². The molecule has 0 saturated heterocycles. The Morgan fingerprint density at radius 1 is 1.17 bits per heavy atom. The number of rotatable bonds is 8. The Morgan fingerprint density at radius 2 is 1.79 bits per heavy atom. The van der Waals surface area contributed by atoms with Crippen LogP contribution in [0, 0.1) is 3.95 Å². The Balaban J connectivity index is 1.88. The molecule has 0 aliphatic rings. The van der Waals surface area contributed by atoms with E-state index in [1.54, 1.807) is 13.1 Å². The minimum absolute atomic E-state index is 0.0641. The predicted molar refractivity (Wildman–Crippen MR) is 118 cm³/mol. The number of ether oxygens (including phenoxy) is 1. The molecule has 0 saturated carbocycles. The first-order valence-electron chi connectivity index (χ1n) is 9.28. The summed E-state index contributed by atoms with van der Waals surface area (Å²) in [5.41, 5.74) is 2.03. The van der Waals surface area contributed by atoms with Crippen molar-refractivity contribution in [2.24, 2.45) is 4.99 Å². The number of thiazole rings is 1. The summed E-state index contributed by atoms with van der Waals surface area (Å²) in [5.74, 6) is -0.487. The molecule has 0 spiro atoms. The fraction of sp³-hybridized carbons (Fsp3) is 0.227. The summed E-state index contributed by atoms with van der Waals surface area (Å²) in [5, 5.41) is 10.8. The van der Waals surface area contributed by atoms with Gasteiger partial charge in [0.05, 0.1) is 13.2 Å². The third-order valence-corrected chi connectivity index (χ3v) is 5.64. The topological polar surface area (TPSA) is 63.8 Å². The molecule has 29 heavy (non-hydrogen) atoms. The van der Waals surface area contributed by atoms with Gasteiger partial charge in [0.15, 0.2) is 3.95 Å². The Morgan fingerprint density at radius 3 is 2.41 bits per heavy atom. The van der Waals surface area contributed by atoms with Gasteiger partial charge in [-0.05, 0) is 30.3 Å². The summed E-state index contributed by atoms with van der Waals surface area (Å²) in [4.78, 5) is 17.6. The van der Waals surface area contributed by atoms with Crippen LogP contribution in [0.25, 0.3) is 0 Å². The number of aromatic hydroxyl groups is 1. The second-order valence-corrected chi connectivity index (χ2v) is 8.01. The first-order chi connectivity index (χ1) is 14.1. The summed E-state index contributed by atoms with van der Waals surface area (Å²) in [6.45, 7) is 2.51. The molecule has 150 valence electrons. The molecule has 1 aromatic heterocycles. The highest BCUT2D eigenvalue weighted by atomic mass is 32.1. The number of aliphatic imine (C=N–C) groups is 1. The van der Waals surface area contributed by atoms with Crippen molar-refractivity contribution in [3.05, 3.63) is 80.6 Å². The zero-order chi connectivity index (χ0) is 20.6. The molecule has 0 aliphatic carbocycles. The molecule has 2 aromatic carbocycles. The third kappa shape index (κ3) is 5.40. The number of hydrogen-bond donors (Lipinski definition) is 1. The van der Waals surface area contributed by atoms with E-state index < -0.39 is 12.0 Å². The first kappa shape index (κ1) is 21.0. The molecule has 7 heteroatoms. The second kappa shape index (κ2) is 10.1. The van der Waals surface area contributed by atoms with E-state index >= 15 is 0 Å². The van der Waals surface area contributed by atoms with Crippen LogP contribution in [0.2, 0.25) is 0 Å². The maximum atomic E-state index is 12.6. The molecule has 3 rings (SSSR count). The Hall–Kier alpha value is -2.77. The zero-order valence-corrected chi connectivity index (χ0v) is 17.7. The van der Waals surface area contributed by atoms with Crippen molar-refractivity contribution < 1.29 is 14.6 Å². The lowest BCUT2D eigenvalue weighted by Crippen LogP contribution is -2.24. The summed E-state index contributed by atoms with van der Waals surface area (Å²) >= 11 is 6.67. The summed E-state index contributed by atoms with van der Waals surface area (Å²) < 4.78 is 7.11. The van der Waals surface area contributed by atoms with Crippen molar-refractivity contribution >= 4 is 35.7 Å². The van der Waals surface area contributed by atoms with Crippen LogP contribution in [0.4, 0.5) is 0 Å². The number of esters is 1. The van der Waals surface area contributed by atoms with Gasteiger partial charge in [-0.1, -0.05) is 72.0 Å². The highest BCUT2D eigenvalue weighted by molar-refractivity contribution is 7.73. The Labute approximate surface area is 178 Å². The van der Waals surface area contributed by atoms with Gasteiger partial charge in [0.25, 0.3) is 0 Å². The lowest BCUT2D eigenvalue weighted by molar-refractivity contribution is -0.147. The van der Waals surface area contributed by atoms with Crippen LogP contribution in [-0.2, 0) is 22.5 Å². The van der Waals surface area contributed by atoms with Gasteiger partial charge >= 0.3 is 5.97 Å². The van der Waals surface area contributed by atoms with Crippen molar-refractivity contribution in [2.75, 3.05) is 6.61 Å². The van der Waals surface area contributed by atoms with E-state index in [9.17, 15) is 9.90 Å². The van der Waals surface area contributed by atoms with Crippen LogP contribution in [0.3, 0.4) is 0 Å². The normalized spacial score (nSPS) is 12.2. The van der Waals surface area contributed by atoms with Crippen molar-refractivity contribution in [2.45, 2.75) is 25.9 Å². The van der Waals surface area contributed by atoms with Crippen LogP contribution in [0.1, 0.15) is 29.0 Å². The van der Waals surface area contributed by atoms with E-state index in [-0.39, 0.29) is 12.5 Å². The molecule has 0 amide bonds. The lowest BCUT2D eigenvalue weighted by atomic mass is 10.1. The van der Waals surface area contributed by atoms with E-state index in [2.05, 4.69) is 4.99 Å². The number of aromatic nitrogens is 1. The number of benzene rings is 2. The van der Waals surface area contributed by atoms with Crippen molar-refractivity contribution in [3.63, 3.8) is 0 Å². The minimum atomic E-state index is -0.739. The number of carbonyl (C=O) groups is 1. The molecule has 3 aromatic rings. The van der Waals surface area contributed by atoms with Gasteiger partial charge < -0.3 is 9.84 Å². The average molecular weight is 427 g/mol. The monoisotopic (exact) mass is 426 g/mol. The van der Waals surface area contributed by atoms with Crippen molar-refractivity contribution in [3.8, 4) is 5.88 Å². The van der Waals surface area contributed by atoms with E-state index in [0.717, 1.165) is 11.1 Å². The zero-order valence-electron chi connectivity index (χ0n) is 16.0. The van der Waals surface area contributed by atoms with Crippen LogP contribution in [-0.4, -0.2) is 28.5 Å². The summed E-state index contributed by atoms with van der Waals surface area (Å²) in [7, 11) is 0. The maximum Gasteiger partial charge on any atom is 0.329 e. The molecule has 1 unspecified atom stereocenters. The van der Waals surface area contributed by atoms with E-state index in [4.69, 9.17) is 17.0 Å². The largest absolute Gasteiger partial charge is 0.493 e. The molecule has 1 atom stereocenters. The molecule has 1 heterocycles. The highest BCUT2D eigenvalue weighted by Crippen LogP contribution is 2.31. The van der Waals surface area contributed by atoms with Crippen LogP contribution in [0.15, 0.2) is 65.7 Å². The summed E-state index contributed by atoms with van der Waals surface area (Å²) in [6.07, 6.45) is 1.98. The fourth-order valence-electron chi connectivity index (χ4n) is 2.93. The van der Waals surface area contributed by atoms with Gasteiger partial charge in [-0.25, -0.2) is 4.79 Å². The number of carbonyl (C=O) groups excluding carboxylic acids is 1. The first-order valence-corrected chi connectivity index (χ1v) is 10.5. The molecule has 5 nitrogen and oxygen atoms in total. The van der Waals surface area contributed by atoms with E-state index in [1.807, 2.05) is 60.7 Å². The number of nitrogens with zero attached hydrogens (tertiary/aromatic N) is 2. The summed E-state index contributed by atoms with van der Waals surface area (Å²) in [6, 6.07) is 18.7. The quantitative estimate of drug-likeness (QED) is 0.314. The van der Waals surface area contributed by atoms with E-state index in [0.29, 0.717) is 21.8 Å².